The maximum atomic E-state index is 11.3. The number of aliphatic carboxylic acids is 1. The Labute approximate surface area is 159 Å². The fourth-order valence-electron chi connectivity index (χ4n) is 3.20. The van der Waals surface area contributed by atoms with Crippen LogP contribution in [0, 0.1) is 6.92 Å². The number of carboxylic acids is 1. The van der Waals surface area contributed by atoms with Crippen molar-refractivity contribution in [3.8, 4) is 0 Å². The summed E-state index contributed by atoms with van der Waals surface area (Å²) in [5.41, 5.74) is 1.66. The molecule has 0 radical (unpaired) electrons. The Hall–Kier alpha value is -2.50. The molecular weight excluding hydrogens is 368 g/mol. The second-order valence-corrected chi connectivity index (χ2v) is 7.38. The highest BCUT2D eigenvalue weighted by atomic mass is 35.5. The molecule has 0 aliphatic heterocycles. The minimum atomic E-state index is -0.889. The number of aromatic nitrogens is 2. The normalized spacial score (nSPS) is 11.3. The molecule has 1 N–H and O–H groups in total. The first-order chi connectivity index (χ1) is 12.6. The van der Waals surface area contributed by atoms with Gasteiger partial charge in [0.2, 0.25) is 0 Å². The summed E-state index contributed by atoms with van der Waals surface area (Å²) in [6, 6.07) is 16.2. The van der Waals surface area contributed by atoms with E-state index in [9.17, 15) is 9.90 Å². The Kier molecular flexibility index (Phi) is 4.34. The summed E-state index contributed by atoms with van der Waals surface area (Å²) in [4.78, 5) is 17.6. The van der Waals surface area contributed by atoms with E-state index in [4.69, 9.17) is 11.6 Å². The zero-order valence-corrected chi connectivity index (χ0v) is 15.5. The Bertz CT molecular complexity index is 1150. The van der Waals surface area contributed by atoms with Crippen LogP contribution in [-0.4, -0.2) is 20.6 Å². The molecule has 0 amide bonds. The molecule has 0 bridgehead atoms. The maximum absolute atomic E-state index is 11.3. The Balaban J connectivity index is 1.94. The molecule has 4 rings (SSSR count). The molecule has 2 aromatic carbocycles. The van der Waals surface area contributed by atoms with E-state index in [1.165, 1.54) is 0 Å². The van der Waals surface area contributed by atoms with Crippen LogP contribution in [-0.2, 0) is 11.3 Å². The minimum Gasteiger partial charge on any atom is -0.480 e. The number of pyridine rings is 1. The lowest BCUT2D eigenvalue weighted by atomic mass is 10.1. The average molecular weight is 383 g/mol. The molecule has 2 aromatic heterocycles. The summed E-state index contributed by atoms with van der Waals surface area (Å²) < 4.78 is 1.78. The van der Waals surface area contributed by atoms with Gasteiger partial charge in [0, 0.05) is 21.7 Å². The quantitative estimate of drug-likeness (QED) is 0.481. The van der Waals surface area contributed by atoms with E-state index in [2.05, 4.69) is 29.2 Å². The van der Waals surface area contributed by atoms with E-state index in [1.807, 2.05) is 31.2 Å². The van der Waals surface area contributed by atoms with E-state index >= 15 is 0 Å². The van der Waals surface area contributed by atoms with Gasteiger partial charge in [0.15, 0.2) is 0 Å². The first-order valence-electron chi connectivity index (χ1n) is 8.07. The van der Waals surface area contributed by atoms with Gasteiger partial charge in [-0.25, -0.2) is 4.98 Å². The summed E-state index contributed by atoms with van der Waals surface area (Å²) in [6.45, 7) is 1.81. The number of fused-ring (bicyclic) bond motifs is 2. The predicted octanol–water partition coefficient (Wildman–Crippen LogP) is 5.39. The third-order valence-electron chi connectivity index (χ3n) is 4.39. The molecule has 0 aliphatic rings. The third-order valence-corrected chi connectivity index (χ3v) is 5.96. The van der Waals surface area contributed by atoms with Crippen molar-refractivity contribution in [2.75, 3.05) is 0 Å². The monoisotopic (exact) mass is 382 g/mol. The van der Waals surface area contributed by atoms with Gasteiger partial charge in [-0.1, -0.05) is 59.8 Å². The largest absolute Gasteiger partial charge is 0.480 e. The number of rotatable bonds is 4. The van der Waals surface area contributed by atoms with Crippen LogP contribution in [0.25, 0.3) is 21.7 Å². The standard InChI is InChI=1S/C20H15ClN2O2S/c1-12-19(26-16-8-4-6-13-5-2-3-7-14(13)16)18-15(9-10-22-20(18)21)23(12)11-17(24)25/h2-10H,11H2,1H3,(H,24,25). The first-order valence-corrected chi connectivity index (χ1v) is 9.26. The third kappa shape index (κ3) is 2.83. The molecule has 0 atom stereocenters. The van der Waals surface area contributed by atoms with E-state index in [0.717, 1.165) is 37.2 Å². The number of nitrogens with zero attached hydrogens (tertiary/aromatic N) is 2. The molecule has 0 saturated heterocycles. The van der Waals surface area contributed by atoms with Crippen LogP contribution in [0.4, 0.5) is 0 Å². The zero-order chi connectivity index (χ0) is 18.3. The van der Waals surface area contributed by atoms with Gasteiger partial charge in [0.25, 0.3) is 0 Å². The molecular formula is C20H15ClN2O2S. The molecule has 26 heavy (non-hydrogen) atoms. The average Bonchev–Trinajstić information content (AvgIpc) is 2.88. The molecule has 4 nitrogen and oxygen atoms in total. The van der Waals surface area contributed by atoms with Gasteiger partial charge in [-0.15, -0.1) is 0 Å². The maximum Gasteiger partial charge on any atom is 0.323 e. The summed E-state index contributed by atoms with van der Waals surface area (Å²) in [5.74, 6) is -0.889. The molecule has 6 heteroatoms. The topological polar surface area (TPSA) is 55.1 Å². The molecule has 0 fully saturated rings. The molecule has 0 spiro atoms. The fourth-order valence-corrected chi connectivity index (χ4v) is 4.73. The van der Waals surface area contributed by atoms with Gasteiger partial charge in [0.1, 0.15) is 11.7 Å². The van der Waals surface area contributed by atoms with Crippen LogP contribution in [0.5, 0.6) is 0 Å². The molecule has 4 aromatic rings. The molecule has 2 heterocycles. The summed E-state index contributed by atoms with van der Waals surface area (Å²) in [7, 11) is 0. The van der Waals surface area contributed by atoms with Crippen molar-refractivity contribution in [1.29, 1.82) is 0 Å². The molecule has 130 valence electrons. The highest BCUT2D eigenvalue weighted by molar-refractivity contribution is 7.99. The molecule has 0 unspecified atom stereocenters. The van der Waals surface area contributed by atoms with Crippen LogP contribution in [0.15, 0.2) is 64.5 Å². The van der Waals surface area contributed by atoms with E-state index in [-0.39, 0.29) is 6.54 Å². The van der Waals surface area contributed by atoms with Gasteiger partial charge >= 0.3 is 5.97 Å². The van der Waals surface area contributed by atoms with Gasteiger partial charge in [-0.05, 0) is 29.8 Å². The second kappa shape index (κ2) is 6.67. The Morgan fingerprint density at radius 1 is 1.19 bits per heavy atom. The number of carbonyl (C=O) groups is 1. The van der Waals surface area contributed by atoms with E-state index < -0.39 is 5.97 Å². The fraction of sp³-hybridized carbons (Fsp3) is 0.100. The van der Waals surface area contributed by atoms with Crippen LogP contribution < -0.4 is 0 Å². The van der Waals surface area contributed by atoms with Crippen LogP contribution in [0.3, 0.4) is 0 Å². The number of hydrogen-bond donors (Lipinski definition) is 1. The number of halogens is 1. The van der Waals surface area contributed by atoms with Crippen molar-refractivity contribution in [3.63, 3.8) is 0 Å². The lowest BCUT2D eigenvalue weighted by molar-refractivity contribution is -0.137. The predicted molar refractivity (Wildman–Crippen MR) is 105 cm³/mol. The number of carboxylic acid groups (broad SMARTS) is 1. The lowest BCUT2D eigenvalue weighted by Gasteiger charge is -2.08. The molecule has 0 aliphatic carbocycles. The lowest BCUT2D eigenvalue weighted by Crippen LogP contribution is -2.09. The summed E-state index contributed by atoms with van der Waals surface area (Å²) >= 11 is 7.98. The minimum absolute atomic E-state index is 0.112. The van der Waals surface area contributed by atoms with Crippen molar-refractivity contribution in [2.45, 2.75) is 23.3 Å². The summed E-state index contributed by atoms with van der Waals surface area (Å²) in [6.07, 6.45) is 1.61. The smallest absolute Gasteiger partial charge is 0.323 e. The van der Waals surface area contributed by atoms with Gasteiger partial charge in [0.05, 0.1) is 10.9 Å². The molecule has 0 saturated carbocycles. The highest BCUT2D eigenvalue weighted by Gasteiger charge is 2.20. The van der Waals surface area contributed by atoms with Crippen LogP contribution in [0.1, 0.15) is 5.69 Å². The highest BCUT2D eigenvalue weighted by Crippen LogP contribution is 2.42. The SMILES string of the molecule is Cc1c(Sc2cccc3ccccc23)c2c(Cl)nccc2n1CC(=O)O. The number of hydrogen-bond acceptors (Lipinski definition) is 3. The van der Waals surface area contributed by atoms with Crippen molar-refractivity contribution in [3.05, 3.63) is 65.6 Å². The van der Waals surface area contributed by atoms with E-state index in [0.29, 0.717) is 5.15 Å². The van der Waals surface area contributed by atoms with Crippen molar-refractivity contribution in [1.82, 2.24) is 9.55 Å². The van der Waals surface area contributed by atoms with Crippen molar-refractivity contribution in [2.24, 2.45) is 0 Å². The second-order valence-electron chi connectivity index (χ2n) is 5.97. The van der Waals surface area contributed by atoms with Gasteiger partial charge in [-0.3, -0.25) is 4.79 Å². The van der Waals surface area contributed by atoms with Crippen molar-refractivity contribution >= 4 is 51.0 Å². The Morgan fingerprint density at radius 3 is 2.77 bits per heavy atom. The van der Waals surface area contributed by atoms with Gasteiger partial charge < -0.3 is 9.67 Å². The van der Waals surface area contributed by atoms with Gasteiger partial charge in [-0.2, -0.15) is 0 Å². The van der Waals surface area contributed by atoms with Crippen LogP contribution >= 0.6 is 23.4 Å². The van der Waals surface area contributed by atoms with Crippen molar-refractivity contribution < 1.29 is 9.90 Å². The zero-order valence-electron chi connectivity index (χ0n) is 13.9. The van der Waals surface area contributed by atoms with E-state index in [1.54, 1.807) is 22.5 Å². The first kappa shape index (κ1) is 16.9. The Morgan fingerprint density at radius 2 is 1.96 bits per heavy atom. The number of benzene rings is 2. The van der Waals surface area contributed by atoms with Crippen LogP contribution in [0.2, 0.25) is 5.15 Å². The summed E-state index contributed by atoms with van der Waals surface area (Å²) in [5, 5.41) is 12.8.